The number of ether oxygens (including phenoxy) is 1. The van der Waals surface area contributed by atoms with Crippen LogP contribution in [0.1, 0.15) is 38.9 Å². The Hall–Kier alpha value is -3.08. The van der Waals surface area contributed by atoms with Crippen molar-refractivity contribution in [3.8, 4) is 6.07 Å². The SMILES string of the molecule is CCOC(=O)c1c2c(C(=O)c3ccccc3)sc(SCCC#N)c2n2ccccc12. The van der Waals surface area contributed by atoms with E-state index >= 15 is 0 Å². The average molecular weight is 435 g/mol. The number of hydrogen-bond donors (Lipinski definition) is 0. The Morgan fingerprint density at radius 1 is 1.17 bits per heavy atom. The van der Waals surface area contributed by atoms with Crippen LogP contribution in [0.2, 0.25) is 0 Å². The van der Waals surface area contributed by atoms with E-state index in [0.717, 1.165) is 9.73 Å². The zero-order chi connectivity index (χ0) is 21.1. The van der Waals surface area contributed by atoms with Gasteiger partial charge < -0.3 is 9.14 Å². The number of pyridine rings is 1. The van der Waals surface area contributed by atoms with Crippen LogP contribution in [0.25, 0.3) is 16.4 Å². The first-order chi connectivity index (χ1) is 14.7. The molecule has 0 aliphatic carbocycles. The molecular weight excluding hydrogens is 416 g/mol. The molecule has 3 heterocycles. The Bertz CT molecular complexity index is 1280. The molecule has 0 radical (unpaired) electrons. The van der Waals surface area contributed by atoms with E-state index < -0.39 is 5.97 Å². The van der Waals surface area contributed by atoms with Crippen molar-refractivity contribution in [3.63, 3.8) is 0 Å². The number of esters is 1. The summed E-state index contributed by atoms with van der Waals surface area (Å²) >= 11 is 2.90. The van der Waals surface area contributed by atoms with Crippen molar-refractivity contribution >= 4 is 51.3 Å². The molecule has 1 aromatic carbocycles. The van der Waals surface area contributed by atoms with E-state index in [4.69, 9.17) is 10.00 Å². The van der Waals surface area contributed by atoms with Crippen molar-refractivity contribution in [3.05, 3.63) is 70.7 Å². The van der Waals surface area contributed by atoms with Crippen LogP contribution in [0, 0.1) is 11.3 Å². The summed E-state index contributed by atoms with van der Waals surface area (Å²) in [6.07, 6.45) is 2.29. The van der Waals surface area contributed by atoms with E-state index in [1.54, 1.807) is 19.1 Å². The van der Waals surface area contributed by atoms with E-state index in [2.05, 4.69) is 6.07 Å². The monoisotopic (exact) mass is 434 g/mol. The molecule has 3 aromatic heterocycles. The highest BCUT2D eigenvalue weighted by Gasteiger charge is 2.29. The third-order valence-corrected chi connectivity index (χ3v) is 7.07. The Balaban J connectivity index is 2.02. The van der Waals surface area contributed by atoms with Gasteiger partial charge in [0.15, 0.2) is 0 Å². The number of benzene rings is 1. The van der Waals surface area contributed by atoms with Crippen molar-refractivity contribution in [1.29, 1.82) is 5.26 Å². The maximum Gasteiger partial charge on any atom is 0.341 e. The predicted molar refractivity (Wildman–Crippen MR) is 120 cm³/mol. The molecule has 0 saturated carbocycles. The van der Waals surface area contributed by atoms with Gasteiger partial charge in [-0.05, 0) is 19.1 Å². The molecule has 0 spiro atoms. The maximum atomic E-state index is 13.4. The molecule has 4 rings (SSSR count). The highest BCUT2D eigenvalue weighted by molar-refractivity contribution is 8.01. The zero-order valence-corrected chi connectivity index (χ0v) is 17.9. The number of aromatic nitrogens is 1. The summed E-state index contributed by atoms with van der Waals surface area (Å²) in [7, 11) is 0. The fourth-order valence-corrected chi connectivity index (χ4v) is 5.85. The molecule has 0 N–H and O–H groups in total. The summed E-state index contributed by atoms with van der Waals surface area (Å²) in [5, 5.41) is 9.55. The first-order valence-electron chi connectivity index (χ1n) is 9.49. The number of ketones is 1. The summed E-state index contributed by atoms with van der Waals surface area (Å²) in [4.78, 5) is 26.8. The topological polar surface area (TPSA) is 71.6 Å². The van der Waals surface area contributed by atoms with Gasteiger partial charge in [0.1, 0.15) is 0 Å². The number of carbonyl (C=O) groups is 2. The molecule has 0 fully saturated rings. The number of nitrogens with zero attached hydrogens (tertiary/aromatic N) is 2. The van der Waals surface area contributed by atoms with Gasteiger partial charge in [-0.2, -0.15) is 5.26 Å². The molecule has 150 valence electrons. The Morgan fingerprint density at radius 2 is 1.93 bits per heavy atom. The van der Waals surface area contributed by atoms with Crippen molar-refractivity contribution in [1.82, 2.24) is 4.40 Å². The zero-order valence-electron chi connectivity index (χ0n) is 16.3. The predicted octanol–water partition coefficient (Wildman–Crippen LogP) is 5.57. The van der Waals surface area contributed by atoms with Crippen LogP contribution < -0.4 is 0 Å². The van der Waals surface area contributed by atoms with E-state index in [1.165, 1.54) is 23.1 Å². The van der Waals surface area contributed by atoms with Crippen LogP contribution in [0.5, 0.6) is 0 Å². The van der Waals surface area contributed by atoms with Gasteiger partial charge in [-0.1, -0.05) is 36.4 Å². The van der Waals surface area contributed by atoms with E-state index in [9.17, 15) is 9.59 Å². The van der Waals surface area contributed by atoms with Crippen molar-refractivity contribution in [2.75, 3.05) is 12.4 Å². The van der Waals surface area contributed by atoms with E-state index in [0.29, 0.717) is 39.1 Å². The molecule has 0 bridgehead atoms. The summed E-state index contributed by atoms with van der Waals surface area (Å²) < 4.78 is 8.19. The minimum Gasteiger partial charge on any atom is -0.462 e. The molecule has 0 atom stereocenters. The van der Waals surface area contributed by atoms with Crippen molar-refractivity contribution in [2.45, 2.75) is 17.6 Å². The smallest absolute Gasteiger partial charge is 0.341 e. The number of rotatable bonds is 7. The van der Waals surface area contributed by atoms with Gasteiger partial charge in [0.2, 0.25) is 5.78 Å². The lowest BCUT2D eigenvalue weighted by Gasteiger charge is -2.04. The summed E-state index contributed by atoms with van der Waals surface area (Å²) in [5.74, 6) is 0.0451. The number of nitriles is 1. The van der Waals surface area contributed by atoms with E-state index in [-0.39, 0.29) is 12.4 Å². The van der Waals surface area contributed by atoms with Gasteiger partial charge in [0.05, 0.1) is 38.4 Å². The standard InChI is InChI=1S/C23H18N2O3S2/c1-2-28-22(27)17-16-11-6-7-13-25(16)19-18(17)21(30-23(19)29-14-8-12-24)20(26)15-9-4-3-5-10-15/h3-7,9-11,13H,2,8,14H2,1H3. The summed E-state index contributed by atoms with van der Waals surface area (Å²) in [5.41, 5.74) is 2.51. The van der Waals surface area contributed by atoms with Gasteiger partial charge in [0, 0.05) is 29.3 Å². The third kappa shape index (κ3) is 3.49. The molecule has 30 heavy (non-hydrogen) atoms. The molecule has 5 nitrogen and oxygen atoms in total. The summed E-state index contributed by atoms with van der Waals surface area (Å²) in [6, 6.07) is 16.8. The lowest BCUT2D eigenvalue weighted by Crippen LogP contribution is -2.06. The van der Waals surface area contributed by atoms with E-state index in [1.807, 2.05) is 47.0 Å². The minimum absolute atomic E-state index is 0.126. The van der Waals surface area contributed by atoms with Crippen molar-refractivity contribution < 1.29 is 14.3 Å². The van der Waals surface area contributed by atoms with Crippen LogP contribution in [0.4, 0.5) is 0 Å². The molecule has 7 heteroatoms. The molecule has 0 amide bonds. The lowest BCUT2D eigenvalue weighted by atomic mass is 10.1. The third-order valence-electron chi connectivity index (χ3n) is 4.63. The first kappa shape index (κ1) is 20.2. The van der Waals surface area contributed by atoms with Gasteiger partial charge in [-0.3, -0.25) is 4.79 Å². The Labute approximate surface area is 181 Å². The largest absolute Gasteiger partial charge is 0.462 e. The fourth-order valence-electron chi connectivity index (χ4n) is 3.40. The number of thioether (sulfide) groups is 1. The van der Waals surface area contributed by atoms with Gasteiger partial charge in [-0.15, -0.1) is 23.1 Å². The number of hydrogen-bond acceptors (Lipinski definition) is 6. The number of fused-ring (bicyclic) bond motifs is 3. The first-order valence-corrected chi connectivity index (χ1v) is 11.3. The summed E-state index contributed by atoms with van der Waals surface area (Å²) in [6.45, 7) is 2.01. The molecule has 0 aliphatic heterocycles. The average Bonchev–Trinajstić information content (AvgIpc) is 3.30. The number of carbonyl (C=O) groups excluding carboxylic acids is 2. The lowest BCUT2D eigenvalue weighted by molar-refractivity contribution is 0.0531. The van der Waals surface area contributed by atoms with Crippen LogP contribution in [-0.2, 0) is 4.74 Å². The van der Waals surface area contributed by atoms with Crippen LogP contribution in [0.3, 0.4) is 0 Å². The fraction of sp³-hybridized carbons (Fsp3) is 0.174. The van der Waals surface area contributed by atoms with Crippen molar-refractivity contribution in [2.24, 2.45) is 0 Å². The van der Waals surface area contributed by atoms with Crippen LogP contribution >= 0.6 is 23.1 Å². The van der Waals surface area contributed by atoms with Gasteiger partial charge in [0.25, 0.3) is 0 Å². The van der Waals surface area contributed by atoms with Gasteiger partial charge >= 0.3 is 5.97 Å². The molecule has 4 aromatic rings. The van der Waals surface area contributed by atoms with Crippen LogP contribution in [0.15, 0.2) is 58.9 Å². The second-order valence-electron chi connectivity index (χ2n) is 6.45. The van der Waals surface area contributed by atoms with Crippen LogP contribution in [-0.4, -0.2) is 28.5 Å². The second-order valence-corrected chi connectivity index (χ2v) is 8.83. The van der Waals surface area contributed by atoms with Gasteiger partial charge in [-0.25, -0.2) is 4.79 Å². The Morgan fingerprint density at radius 3 is 2.67 bits per heavy atom. The highest BCUT2D eigenvalue weighted by atomic mass is 32.2. The Kier molecular flexibility index (Phi) is 5.88. The minimum atomic E-state index is -0.440. The molecule has 0 unspecified atom stereocenters. The molecule has 0 aliphatic rings. The maximum absolute atomic E-state index is 13.4. The molecule has 0 saturated heterocycles. The highest BCUT2D eigenvalue weighted by Crippen LogP contribution is 2.43. The quantitative estimate of drug-likeness (QED) is 0.165. The molecular formula is C23H18N2O3S2. The normalized spacial score (nSPS) is 10.9. The number of thiophene rings is 1. The second kappa shape index (κ2) is 8.74.